The van der Waals surface area contributed by atoms with Gasteiger partial charge in [-0.15, -0.1) is 0 Å². The third-order valence-electron chi connectivity index (χ3n) is 3.16. The van der Waals surface area contributed by atoms with E-state index in [9.17, 15) is 19.7 Å². The lowest BCUT2D eigenvalue weighted by Gasteiger charge is -2.13. The van der Waals surface area contributed by atoms with Crippen LogP contribution in [-0.2, 0) is 14.3 Å². The molecule has 0 heterocycles. The molecule has 0 saturated carbocycles. The largest absolute Gasteiger partial charge is 0.479 e. The Labute approximate surface area is 153 Å². The first-order chi connectivity index (χ1) is 12.4. The Bertz CT molecular complexity index is 812. The predicted molar refractivity (Wildman–Crippen MR) is 94.2 cm³/mol. The van der Waals surface area contributed by atoms with Crippen LogP contribution in [0.1, 0.15) is 6.92 Å². The number of rotatable bonds is 7. The highest BCUT2D eigenvalue weighted by Gasteiger charge is 2.20. The normalized spacial score (nSPS) is 11.3. The summed E-state index contributed by atoms with van der Waals surface area (Å²) in [6, 6.07) is 12.5. The second kappa shape index (κ2) is 8.82. The minimum atomic E-state index is -0.921. The van der Waals surface area contributed by atoms with E-state index in [-0.39, 0.29) is 16.4 Å². The third kappa shape index (κ3) is 5.45. The lowest BCUT2D eigenvalue weighted by Crippen LogP contribution is -2.29. The van der Waals surface area contributed by atoms with Crippen molar-refractivity contribution in [3.8, 4) is 5.75 Å². The van der Waals surface area contributed by atoms with Crippen LogP contribution in [0.15, 0.2) is 48.5 Å². The predicted octanol–water partition coefficient (Wildman–Crippen LogP) is 3.20. The van der Waals surface area contributed by atoms with Crippen LogP contribution in [0.2, 0.25) is 5.02 Å². The van der Waals surface area contributed by atoms with E-state index in [4.69, 9.17) is 21.1 Å². The van der Waals surface area contributed by atoms with Crippen LogP contribution in [0.5, 0.6) is 5.75 Å². The molecule has 136 valence electrons. The number of nitrogens with zero attached hydrogens (tertiary/aromatic N) is 1. The van der Waals surface area contributed by atoms with Crippen LogP contribution in [0.3, 0.4) is 0 Å². The maximum Gasteiger partial charge on any atom is 0.347 e. The number of benzene rings is 2. The Hall–Kier alpha value is -3.13. The molecule has 0 bridgehead atoms. The molecule has 26 heavy (non-hydrogen) atoms. The molecule has 1 unspecified atom stereocenters. The summed E-state index contributed by atoms with van der Waals surface area (Å²) in [5, 5.41) is 13.4. The number of halogens is 1. The quantitative estimate of drug-likeness (QED) is 0.450. The summed E-state index contributed by atoms with van der Waals surface area (Å²) in [4.78, 5) is 34.0. The highest BCUT2D eigenvalue weighted by atomic mass is 35.5. The first-order valence-electron chi connectivity index (χ1n) is 7.49. The zero-order valence-electron chi connectivity index (χ0n) is 13.7. The van der Waals surface area contributed by atoms with Crippen molar-refractivity contribution < 1.29 is 24.0 Å². The maximum absolute atomic E-state index is 11.9. The van der Waals surface area contributed by atoms with Crippen molar-refractivity contribution in [2.75, 3.05) is 11.9 Å². The molecule has 1 N–H and O–H groups in total. The van der Waals surface area contributed by atoms with Gasteiger partial charge in [-0.1, -0.05) is 29.8 Å². The Balaban J connectivity index is 1.88. The highest BCUT2D eigenvalue weighted by Crippen LogP contribution is 2.27. The average molecular weight is 379 g/mol. The molecule has 0 aliphatic heterocycles. The maximum atomic E-state index is 11.9. The zero-order valence-corrected chi connectivity index (χ0v) is 14.4. The van der Waals surface area contributed by atoms with Crippen molar-refractivity contribution in [3.05, 3.63) is 63.7 Å². The molecule has 1 amide bonds. The fraction of sp³-hybridized carbons (Fsp3) is 0.176. The van der Waals surface area contributed by atoms with Crippen molar-refractivity contribution in [3.63, 3.8) is 0 Å². The second-order valence-corrected chi connectivity index (χ2v) is 5.58. The first-order valence-corrected chi connectivity index (χ1v) is 7.86. The number of amides is 1. The van der Waals surface area contributed by atoms with E-state index in [1.54, 1.807) is 30.3 Å². The van der Waals surface area contributed by atoms with E-state index >= 15 is 0 Å². The lowest BCUT2D eigenvalue weighted by atomic mass is 10.2. The smallest absolute Gasteiger partial charge is 0.347 e. The van der Waals surface area contributed by atoms with Gasteiger partial charge in [-0.3, -0.25) is 14.9 Å². The number of nitrogens with one attached hydrogen (secondary N) is 1. The summed E-state index contributed by atoms with van der Waals surface area (Å²) in [6.07, 6.45) is -0.921. The number of nitro benzene ring substituents is 1. The molecule has 0 aliphatic carbocycles. The van der Waals surface area contributed by atoms with Gasteiger partial charge in [0, 0.05) is 11.1 Å². The number of esters is 1. The molecule has 0 radical (unpaired) electrons. The van der Waals surface area contributed by atoms with Crippen molar-refractivity contribution in [1.82, 2.24) is 0 Å². The highest BCUT2D eigenvalue weighted by molar-refractivity contribution is 6.31. The Morgan fingerprint density at radius 1 is 1.23 bits per heavy atom. The fourth-order valence-electron chi connectivity index (χ4n) is 1.95. The summed E-state index contributed by atoms with van der Waals surface area (Å²) in [6.45, 7) is 0.873. The number of para-hydroxylation sites is 1. The van der Waals surface area contributed by atoms with Gasteiger partial charge in [0.2, 0.25) is 0 Å². The first kappa shape index (κ1) is 19.2. The number of ether oxygens (including phenoxy) is 2. The van der Waals surface area contributed by atoms with E-state index in [2.05, 4.69) is 5.32 Å². The minimum absolute atomic E-state index is 0.0472. The molecule has 0 aliphatic rings. The molecule has 0 spiro atoms. The Morgan fingerprint density at radius 2 is 1.92 bits per heavy atom. The minimum Gasteiger partial charge on any atom is -0.479 e. The van der Waals surface area contributed by atoms with Gasteiger partial charge in [-0.05, 0) is 31.2 Å². The topological polar surface area (TPSA) is 108 Å². The van der Waals surface area contributed by atoms with Crippen molar-refractivity contribution in [2.24, 2.45) is 0 Å². The number of nitro groups is 1. The second-order valence-electron chi connectivity index (χ2n) is 5.15. The molecular weight excluding hydrogens is 364 g/mol. The number of carbonyl (C=O) groups is 2. The van der Waals surface area contributed by atoms with Gasteiger partial charge in [0.05, 0.1) is 4.92 Å². The summed E-state index contributed by atoms with van der Waals surface area (Å²) in [7, 11) is 0. The van der Waals surface area contributed by atoms with Gasteiger partial charge in [0.15, 0.2) is 12.7 Å². The molecule has 2 aromatic carbocycles. The van der Waals surface area contributed by atoms with E-state index in [0.717, 1.165) is 6.07 Å². The summed E-state index contributed by atoms with van der Waals surface area (Å²) < 4.78 is 10.2. The third-order valence-corrected chi connectivity index (χ3v) is 3.40. The molecule has 2 aromatic rings. The number of carbonyl (C=O) groups excluding carboxylic acids is 2. The zero-order chi connectivity index (χ0) is 19.1. The summed E-state index contributed by atoms with van der Waals surface area (Å²) in [5.74, 6) is -0.983. The monoisotopic (exact) mass is 378 g/mol. The number of hydrogen-bond donors (Lipinski definition) is 1. The Morgan fingerprint density at radius 3 is 2.58 bits per heavy atom. The molecular formula is C17H15ClN2O6. The van der Waals surface area contributed by atoms with Crippen LogP contribution < -0.4 is 10.1 Å². The summed E-state index contributed by atoms with van der Waals surface area (Å²) >= 11 is 5.70. The van der Waals surface area contributed by atoms with Crippen LogP contribution in [0.25, 0.3) is 0 Å². The van der Waals surface area contributed by atoms with Crippen LogP contribution in [-0.4, -0.2) is 29.5 Å². The van der Waals surface area contributed by atoms with E-state index in [1.165, 1.54) is 19.1 Å². The van der Waals surface area contributed by atoms with E-state index in [0.29, 0.717) is 5.75 Å². The molecule has 1 atom stereocenters. The van der Waals surface area contributed by atoms with Crippen LogP contribution in [0, 0.1) is 10.1 Å². The van der Waals surface area contributed by atoms with E-state index < -0.39 is 29.5 Å². The Kier molecular flexibility index (Phi) is 6.51. The van der Waals surface area contributed by atoms with Gasteiger partial charge < -0.3 is 14.8 Å². The fourth-order valence-corrected chi connectivity index (χ4v) is 2.12. The van der Waals surface area contributed by atoms with Gasteiger partial charge in [0.25, 0.3) is 11.6 Å². The average Bonchev–Trinajstić information content (AvgIpc) is 2.61. The number of hydrogen-bond acceptors (Lipinski definition) is 6. The lowest BCUT2D eigenvalue weighted by molar-refractivity contribution is -0.383. The van der Waals surface area contributed by atoms with Gasteiger partial charge in [-0.25, -0.2) is 4.79 Å². The van der Waals surface area contributed by atoms with Crippen molar-refractivity contribution in [1.29, 1.82) is 0 Å². The van der Waals surface area contributed by atoms with Crippen molar-refractivity contribution in [2.45, 2.75) is 13.0 Å². The van der Waals surface area contributed by atoms with Gasteiger partial charge in [0.1, 0.15) is 11.4 Å². The molecule has 0 saturated heterocycles. The van der Waals surface area contributed by atoms with Crippen molar-refractivity contribution >= 4 is 34.9 Å². The molecule has 8 nitrogen and oxygen atoms in total. The SMILES string of the molecule is CC(Oc1ccccc1)C(=O)OCC(=O)Nc1ccc(Cl)cc1[N+](=O)[O-]. The van der Waals surface area contributed by atoms with E-state index in [1.807, 2.05) is 0 Å². The van der Waals surface area contributed by atoms with Gasteiger partial charge >= 0.3 is 5.97 Å². The molecule has 0 aromatic heterocycles. The molecule has 0 fully saturated rings. The van der Waals surface area contributed by atoms with Crippen LogP contribution >= 0.6 is 11.6 Å². The molecule has 9 heteroatoms. The summed E-state index contributed by atoms with van der Waals surface area (Å²) in [5.41, 5.74) is -0.410. The number of anilines is 1. The van der Waals surface area contributed by atoms with Gasteiger partial charge in [-0.2, -0.15) is 0 Å². The van der Waals surface area contributed by atoms with Crippen LogP contribution in [0.4, 0.5) is 11.4 Å². The molecule has 2 rings (SSSR count). The standard InChI is InChI=1S/C17H15ClN2O6/c1-11(26-13-5-3-2-4-6-13)17(22)25-10-16(21)19-14-8-7-12(18)9-15(14)20(23)24/h2-9,11H,10H2,1H3,(H,19,21).